The molecule has 0 aromatic heterocycles. The summed E-state index contributed by atoms with van der Waals surface area (Å²) >= 11 is 0. The summed E-state index contributed by atoms with van der Waals surface area (Å²) in [6, 6.07) is 20.0. The Kier molecular flexibility index (Phi) is 4.99. The molecule has 134 valence electrons. The van der Waals surface area contributed by atoms with Gasteiger partial charge in [0.25, 0.3) is 0 Å². The van der Waals surface area contributed by atoms with Gasteiger partial charge in [0.2, 0.25) is 0 Å². The first kappa shape index (κ1) is 17.6. The molecule has 0 fully saturated rings. The molecular weight excluding hydrogens is 352 g/mol. The van der Waals surface area contributed by atoms with E-state index in [0.717, 1.165) is 5.56 Å². The highest BCUT2D eigenvalue weighted by atomic mass is 32.2. The van der Waals surface area contributed by atoms with Crippen LogP contribution in [0.2, 0.25) is 0 Å². The van der Waals surface area contributed by atoms with Crippen LogP contribution in [0.5, 0.6) is 11.5 Å². The third kappa shape index (κ3) is 4.25. The summed E-state index contributed by atoms with van der Waals surface area (Å²) in [5.41, 5.74) is 12.9. The van der Waals surface area contributed by atoms with E-state index < -0.39 is 10.1 Å². The molecule has 0 heterocycles. The molecule has 0 bridgehead atoms. The van der Waals surface area contributed by atoms with E-state index in [1.807, 2.05) is 30.3 Å². The third-order valence-electron chi connectivity index (χ3n) is 3.62. The Hall–Kier alpha value is -3.19. The molecule has 0 atom stereocenters. The van der Waals surface area contributed by atoms with Crippen molar-refractivity contribution < 1.29 is 17.3 Å². The zero-order chi connectivity index (χ0) is 18.6. The van der Waals surface area contributed by atoms with Gasteiger partial charge in [0.1, 0.15) is 23.0 Å². The molecule has 3 rings (SSSR count). The Morgan fingerprint density at radius 1 is 0.769 bits per heavy atom. The molecule has 0 spiro atoms. The van der Waals surface area contributed by atoms with Gasteiger partial charge in [0.15, 0.2) is 0 Å². The Labute approximate surface area is 152 Å². The predicted molar refractivity (Wildman–Crippen MR) is 100 cm³/mol. The van der Waals surface area contributed by atoms with Crippen molar-refractivity contribution in [2.75, 3.05) is 11.5 Å². The highest BCUT2D eigenvalue weighted by Crippen LogP contribution is 2.25. The first-order valence-electron chi connectivity index (χ1n) is 7.80. The van der Waals surface area contributed by atoms with E-state index in [1.165, 1.54) is 30.3 Å². The summed E-state index contributed by atoms with van der Waals surface area (Å²) in [6.07, 6.45) is 0. The van der Waals surface area contributed by atoms with Crippen molar-refractivity contribution in [2.24, 2.45) is 0 Å². The molecule has 0 saturated carbocycles. The minimum atomic E-state index is -3.98. The number of nitrogen functional groups attached to an aromatic ring is 2. The SMILES string of the molecule is Nc1ccc(OS(=O)(=O)c2ccc(OCc3ccccc3)cc2)cc1N. The van der Waals surface area contributed by atoms with E-state index in [4.69, 9.17) is 20.4 Å². The number of ether oxygens (including phenoxy) is 1. The predicted octanol–water partition coefficient (Wildman–Crippen LogP) is 3.20. The molecule has 26 heavy (non-hydrogen) atoms. The Balaban J connectivity index is 1.69. The molecule has 3 aromatic rings. The lowest BCUT2D eigenvalue weighted by Gasteiger charge is -2.10. The van der Waals surface area contributed by atoms with Crippen molar-refractivity contribution in [3.8, 4) is 11.5 Å². The van der Waals surface area contributed by atoms with Crippen molar-refractivity contribution in [2.45, 2.75) is 11.5 Å². The van der Waals surface area contributed by atoms with Gasteiger partial charge in [-0.05, 0) is 42.0 Å². The average molecular weight is 370 g/mol. The van der Waals surface area contributed by atoms with Crippen molar-refractivity contribution >= 4 is 21.5 Å². The van der Waals surface area contributed by atoms with Crippen molar-refractivity contribution in [3.63, 3.8) is 0 Å². The van der Waals surface area contributed by atoms with Crippen molar-refractivity contribution in [1.82, 2.24) is 0 Å². The maximum atomic E-state index is 12.4. The summed E-state index contributed by atoms with van der Waals surface area (Å²) in [5.74, 6) is 0.658. The number of nitrogens with two attached hydrogens (primary N) is 2. The number of hydrogen-bond acceptors (Lipinski definition) is 6. The lowest BCUT2D eigenvalue weighted by molar-refractivity contribution is 0.306. The van der Waals surface area contributed by atoms with Crippen LogP contribution in [0.1, 0.15) is 5.56 Å². The van der Waals surface area contributed by atoms with Crippen LogP contribution in [0.25, 0.3) is 0 Å². The summed E-state index contributed by atoms with van der Waals surface area (Å²) in [6.45, 7) is 0.397. The van der Waals surface area contributed by atoms with E-state index in [-0.39, 0.29) is 16.3 Å². The fourth-order valence-corrected chi connectivity index (χ4v) is 3.15. The van der Waals surface area contributed by atoms with Crippen LogP contribution in [-0.2, 0) is 16.7 Å². The van der Waals surface area contributed by atoms with Crippen LogP contribution in [0.15, 0.2) is 77.7 Å². The van der Waals surface area contributed by atoms with Gasteiger partial charge in [-0.2, -0.15) is 8.42 Å². The zero-order valence-corrected chi connectivity index (χ0v) is 14.6. The monoisotopic (exact) mass is 370 g/mol. The molecule has 6 nitrogen and oxygen atoms in total. The highest BCUT2D eigenvalue weighted by Gasteiger charge is 2.17. The van der Waals surface area contributed by atoms with Gasteiger partial charge in [-0.1, -0.05) is 30.3 Å². The fourth-order valence-electron chi connectivity index (χ4n) is 2.22. The Morgan fingerprint density at radius 3 is 2.08 bits per heavy atom. The van der Waals surface area contributed by atoms with E-state index in [2.05, 4.69) is 0 Å². The topological polar surface area (TPSA) is 105 Å². The van der Waals surface area contributed by atoms with Gasteiger partial charge in [-0.25, -0.2) is 0 Å². The highest BCUT2D eigenvalue weighted by molar-refractivity contribution is 7.87. The molecule has 0 aliphatic carbocycles. The second kappa shape index (κ2) is 7.37. The standard InChI is InChI=1S/C19H18N2O4S/c20-18-11-8-16(12-19(18)21)25-26(22,23)17-9-6-15(7-10-17)24-13-14-4-2-1-3-5-14/h1-12H,13,20-21H2. The van der Waals surface area contributed by atoms with Gasteiger partial charge < -0.3 is 20.4 Å². The minimum absolute atomic E-state index is 0.0138. The maximum Gasteiger partial charge on any atom is 0.339 e. The van der Waals surface area contributed by atoms with Crippen LogP contribution in [-0.4, -0.2) is 8.42 Å². The lowest BCUT2D eigenvalue weighted by Crippen LogP contribution is -2.10. The second-order valence-electron chi connectivity index (χ2n) is 5.57. The van der Waals surface area contributed by atoms with Crippen molar-refractivity contribution in [1.29, 1.82) is 0 Å². The third-order valence-corrected chi connectivity index (χ3v) is 4.89. The van der Waals surface area contributed by atoms with Crippen LogP contribution >= 0.6 is 0 Å². The second-order valence-corrected chi connectivity index (χ2v) is 7.12. The molecule has 4 N–H and O–H groups in total. The molecule has 3 aromatic carbocycles. The Bertz CT molecular complexity index is 988. The molecule has 7 heteroatoms. The molecule has 0 amide bonds. The van der Waals surface area contributed by atoms with Crippen LogP contribution in [0, 0.1) is 0 Å². The summed E-state index contributed by atoms with van der Waals surface area (Å²) in [7, 11) is -3.98. The first-order chi connectivity index (χ1) is 12.4. The minimum Gasteiger partial charge on any atom is -0.489 e. The largest absolute Gasteiger partial charge is 0.489 e. The van der Waals surface area contributed by atoms with E-state index >= 15 is 0 Å². The molecule has 0 aliphatic heterocycles. The van der Waals surface area contributed by atoms with Gasteiger partial charge in [-0.15, -0.1) is 0 Å². The van der Waals surface area contributed by atoms with Crippen LogP contribution < -0.4 is 20.4 Å². The lowest BCUT2D eigenvalue weighted by atomic mass is 10.2. The van der Waals surface area contributed by atoms with E-state index in [9.17, 15) is 8.42 Å². The van der Waals surface area contributed by atoms with Gasteiger partial charge in [0, 0.05) is 6.07 Å². The van der Waals surface area contributed by atoms with Crippen molar-refractivity contribution in [3.05, 3.63) is 78.4 Å². The molecule has 0 unspecified atom stereocenters. The molecule has 0 radical (unpaired) electrons. The number of rotatable bonds is 6. The summed E-state index contributed by atoms with van der Waals surface area (Å²) in [4.78, 5) is 0.0138. The average Bonchev–Trinajstić information content (AvgIpc) is 2.64. The summed E-state index contributed by atoms with van der Waals surface area (Å²) < 4.78 is 35.4. The quantitative estimate of drug-likeness (QED) is 0.510. The number of anilines is 2. The van der Waals surface area contributed by atoms with Gasteiger partial charge in [0.05, 0.1) is 11.4 Å². The maximum absolute atomic E-state index is 12.4. The van der Waals surface area contributed by atoms with Crippen LogP contribution in [0.4, 0.5) is 11.4 Å². The summed E-state index contributed by atoms with van der Waals surface area (Å²) in [5, 5.41) is 0. The fraction of sp³-hybridized carbons (Fsp3) is 0.0526. The van der Waals surface area contributed by atoms with E-state index in [0.29, 0.717) is 18.0 Å². The number of benzene rings is 3. The zero-order valence-electron chi connectivity index (χ0n) is 13.8. The van der Waals surface area contributed by atoms with E-state index in [1.54, 1.807) is 12.1 Å². The molecular formula is C19H18N2O4S. The smallest absolute Gasteiger partial charge is 0.339 e. The first-order valence-corrected chi connectivity index (χ1v) is 9.21. The molecule has 0 saturated heterocycles. The molecule has 0 aliphatic rings. The Morgan fingerprint density at radius 2 is 1.42 bits per heavy atom. The normalized spacial score (nSPS) is 11.1. The van der Waals surface area contributed by atoms with Gasteiger partial charge in [-0.3, -0.25) is 0 Å². The number of hydrogen-bond donors (Lipinski definition) is 2. The van der Waals surface area contributed by atoms with Crippen LogP contribution in [0.3, 0.4) is 0 Å². The van der Waals surface area contributed by atoms with Gasteiger partial charge >= 0.3 is 10.1 Å².